The highest BCUT2D eigenvalue weighted by Gasteiger charge is 2.13. The molecule has 14 heavy (non-hydrogen) atoms. The monoisotopic (exact) mass is 197 g/mol. The summed E-state index contributed by atoms with van der Waals surface area (Å²) in [6.45, 7) is 3.76. The lowest BCUT2D eigenvalue weighted by molar-refractivity contribution is 0.313. The largest absolute Gasteiger partial charge is 0.468 e. The Bertz CT molecular complexity index is 295. The van der Waals surface area contributed by atoms with Gasteiger partial charge in [0.2, 0.25) is 0 Å². The molecule has 0 amide bonds. The summed E-state index contributed by atoms with van der Waals surface area (Å²) in [5.74, 6) is 0.978. The Hall–Kier alpha value is -1.49. The summed E-state index contributed by atoms with van der Waals surface area (Å²) in [5.41, 5.74) is 5.43. The zero-order valence-electron chi connectivity index (χ0n) is 8.27. The van der Waals surface area contributed by atoms with Gasteiger partial charge in [0.25, 0.3) is 0 Å². The van der Waals surface area contributed by atoms with Gasteiger partial charge in [-0.3, -0.25) is 5.32 Å². The summed E-state index contributed by atoms with van der Waals surface area (Å²) in [4.78, 5) is 0. The van der Waals surface area contributed by atoms with Crippen LogP contribution in [0.15, 0.2) is 28.0 Å². The van der Waals surface area contributed by atoms with Crippen molar-refractivity contribution in [1.82, 2.24) is 5.32 Å². The minimum atomic E-state index is -0.194. The molecule has 0 aliphatic carbocycles. The van der Waals surface area contributed by atoms with Crippen LogP contribution < -0.4 is 11.1 Å². The number of rotatable bonds is 4. The molecule has 2 atom stereocenters. The Kier molecular flexibility index (Phi) is 3.53. The van der Waals surface area contributed by atoms with Gasteiger partial charge in [-0.1, -0.05) is 5.16 Å². The highest BCUT2D eigenvalue weighted by molar-refractivity contribution is 5.84. The maximum absolute atomic E-state index is 8.45. The molecule has 1 unspecified atom stereocenters. The molecule has 4 N–H and O–H groups in total. The predicted molar refractivity (Wildman–Crippen MR) is 53.1 cm³/mol. The third-order valence-electron chi connectivity index (χ3n) is 2.03. The standard InChI is InChI=1S/C9H15N3O2/c1-6(8-4-3-5-14-8)11-7(2)9(10)12-13/h3-7,11,13H,1-2H3,(H2,10,12)/t6-,7?/m0/s1. The molecule has 0 aliphatic heterocycles. The topological polar surface area (TPSA) is 83.8 Å². The second-order valence-corrected chi connectivity index (χ2v) is 3.15. The highest BCUT2D eigenvalue weighted by atomic mass is 16.4. The van der Waals surface area contributed by atoms with Gasteiger partial charge in [-0.2, -0.15) is 0 Å². The SMILES string of the molecule is CC(N[C@@H](C)c1ccco1)/C(N)=N/O. The molecule has 0 radical (unpaired) electrons. The highest BCUT2D eigenvalue weighted by Crippen LogP contribution is 2.12. The van der Waals surface area contributed by atoms with Gasteiger partial charge >= 0.3 is 0 Å². The van der Waals surface area contributed by atoms with Crippen LogP contribution >= 0.6 is 0 Å². The van der Waals surface area contributed by atoms with Crippen LogP contribution in [0, 0.1) is 0 Å². The molecule has 1 rings (SSSR count). The van der Waals surface area contributed by atoms with Crippen LogP contribution in [0.4, 0.5) is 0 Å². The number of hydrogen-bond acceptors (Lipinski definition) is 4. The summed E-state index contributed by atoms with van der Waals surface area (Å²) in [5, 5.41) is 14.5. The first kappa shape index (κ1) is 10.6. The molecule has 0 saturated heterocycles. The molecular formula is C9H15N3O2. The molecule has 1 aromatic rings. The third-order valence-corrected chi connectivity index (χ3v) is 2.03. The minimum Gasteiger partial charge on any atom is -0.468 e. The van der Waals surface area contributed by atoms with Gasteiger partial charge < -0.3 is 15.4 Å². The van der Waals surface area contributed by atoms with Crippen molar-refractivity contribution >= 4 is 5.84 Å². The van der Waals surface area contributed by atoms with Crippen molar-refractivity contribution in [3.05, 3.63) is 24.2 Å². The van der Waals surface area contributed by atoms with Crippen molar-refractivity contribution in [1.29, 1.82) is 0 Å². The van der Waals surface area contributed by atoms with Crippen molar-refractivity contribution in [3.63, 3.8) is 0 Å². The van der Waals surface area contributed by atoms with E-state index >= 15 is 0 Å². The van der Waals surface area contributed by atoms with Crippen molar-refractivity contribution < 1.29 is 9.62 Å². The van der Waals surface area contributed by atoms with Gasteiger partial charge in [-0.05, 0) is 26.0 Å². The van der Waals surface area contributed by atoms with Crippen LogP contribution in [0.3, 0.4) is 0 Å². The summed E-state index contributed by atoms with van der Waals surface area (Å²) in [6, 6.07) is 3.53. The van der Waals surface area contributed by atoms with Crippen molar-refractivity contribution in [2.24, 2.45) is 10.9 Å². The quantitative estimate of drug-likeness (QED) is 0.292. The van der Waals surface area contributed by atoms with Crippen LogP contribution in [0.2, 0.25) is 0 Å². The number of furan rings is 1. The summed E-state index contributed by atoms with van der Waals surface area (Å²) in [6.07, 6.45) is 1.61. The molecule has 0 fully saturated rings. The van der Waals surface area contributed by atoms with E-state index in [1.54, 1.807) is 6.26 Å². The number of nitrogens with one attached hydrogen (secondary N) is 1. The minimum absolute atomic E-state index is 0.0281. The van der Waals surface area contributed by atoms with Gasteiger partial charge in [-0.15, -0.1) is 0 Å². The van der Waals surface area contributed by atoms with Gasteiger partial charge in [0.15, 0.2) is 5.84 Å². The fourth-order valence-electron chi connectivity index (χ4n) is 1.17. The summed E-state index contributed by atoms with van der Waals surface area (Å²) >= 11 is 0. The van der Waals surface area contributed by atoms with E-state index < -0.39 is 0 Å². The van der Waals surface area contributed by atoms with Gasteiger partial charge in [0, 0.05) is 0 Å². The van der Waals surface area contributed by atoms with Gasteiger partial charge in [0.1, 0.15) is 5.76 Å². The fourth-order valence-corrected chi connectivity index (χ4v) is 1.17. The van der Waals surface area contributed by atoms with Crippen LogP contribution in [-0.4, -0.2) is 17.1 Å². The first-order valence-electron chi connectivity index (χ1n) is 4.42. The van der Waals surface area contributed by atoms with E-state index in [9.17, 15) is 0 Å². The molecule has 1 heterocycles. The Morgan fingerprint density at radius 1 is 1.64 bits per heavy atom. The van der Waals surface area contributed by atoms with E-state index in [0.717, 1.165) is 5.76 Å². The van der Waals surface area contributed by atoms with Crippen LogP contribution in [0.25, 0.3) is 0 Å². The molecule has 0 bridgehead atoms. The Morgan fingerprint density at radius 3 is 2.86 bits per heavy atom. The van der Waals surface area contributed by atoms with E-state index in [0.29, 0.717) is 0 Å². The lowest BCUT2D eigenvalue weighted by Gasteiger charge is -2.16. The normalized spacial score (nSPS) is 16.6. The number of nitrogens with zero attached hydrogens (tertiary/aromatic N) is 1. The van der Waals surface area contributed by atoms with Gasteiger partial charge in [-0.25, -0.2) is 0 Å². The second kappa shape index (κ2) is 4.66. The number of amidine groups is 1. The molecule has 0 aromatic carbocycles. The van der Waals surface area contributed by atoms with E-state index in [2.05, 4.69) is 10.5 Å². The van der Waals surface area contributed by atoms with E-state index in [4.69, 9.17) is 15.4 Å². The average molecular weight is 197 g/mol. The zero-order valence-corrected chi connectivity index (χ0v) is 8.27. The maximum atomic E-state index is 8.45. The van der Waals surface area contributed by atoms with Crippen LogP contribution in [-0.2, 0) is 0 Å². The Labute approximate surface area is 82.6 Å². The van der Waals surface area contributed by atoms with Crippen molar-refractivity contribution in [2.45, 2.75) is 25.9 Å². The smallest absolute Gasteiger partial charge is 0.156 e. The predicted octanol–water partition coefficient (Wildman–Crippen LogP) is 1.07. The second-order valence-electron chi connectivity index (χ2n) is 3.15. The third kappa shape index (κ3) is 2.50. The summed E-state index contributed by atoms with van der Waals surface area (Å²) < 4.78 is 5.20. The molecule has 5 heteroatoms. The molecule has 0 spiro atoms. The van der Waals surface area contributed by atoms with E-state index in [-0.39, 0.29) is 17.9 Å². The van der Waals surface area contributed by atoms with E-state index in [1.807, 2.05) is 26.0 Å². The molecular weight excluding hydrogens is 182 g/mol. The molecule has 1 aromatic heterocycles. The number of hydrogen-bond donors (Lipinski definition) is 3. The van der Waals surface area contributed by atoms with Crippen LogP contribution in [0.5, 0.6) is 0 Å². The molecule has 5 nitrogen and oxygen atoms in total. The van der Waals surface area contributed by atoms with Crippen LogP contribution in [0.1, 0.15) is 25.6 Å². The number of oxime groups is 1. The Morgan fingerprint density at radius 2 is 2.36 bits per heavy atom. The lowest BCUT2D eigenvalue weighted by Crippen LogP contribution is -2.40. The molecule has 0 saturated carbocycles. The van der Waals surface area contributed by atoms with Crippen molar-refractivity contribution in [2.75, 3.05) is 0 Å². The Balaban J connectivity index is 2.53. The lowest BCUT2D eigenvalue weighted by atomic mass is 10.2. The first-order chi connectivity index (χ1) is 6.65. The maximum Gasteiger partial charge on any atom is 0.156 e. The van der Waals surface area contributed by atoms with Gasteiger partial charge in [0.05, 0.1) is 18.3 Å². The average Bonchev–Trinajstić information content (AvgIpc) is 2.69. The summed E-state index contributed by atoms with van der Waals surface area (Å²) in [7, 11) is 0. The fraction of sp³-hybridized carbons (Fsp3) is 0.444. The number of nitrogens with two attached hydrogens (primary N) is 1. The van der Waals surface area contributed by atoms with E-state index in [1.165, 1.54) is 0 Å². The molecule has 0 aliphatic rings. The first-order valence-corrected chi connectivity index (χ1v) is 4.42. The van der Waals surface area contributed by atoms with Crippen molar-refractivity contribution in [3.8, 4) is 0 Å². The zero-order chi connectivity index (χ0) is 10.6. The molecule has 78 valence electrons.